The van der Waals surface area contributed by atoms with Crippen molar-refractivity contribution in [2.75, 3.05) is 11.9 Å². The highest BCUT2D eigenvalue weighted by atomic mass is 16.2. The molecule has 1 unspecified atom stereocenters. The zero-order valence-corrected chi connectivity index (χ0v) is 8.88. The molecule has 0 radical (unpaired) electrons. The molecule has 2 amide bonds. The largest absolute Gasteiger partial charge is 0.357 e. The minimum absolute atomic E-state index is 0.145. The van der Waals surface area contributed by atoms with E-state index in [1.165, 1.54) is 17.3 Å². The summed E-state index contributed by atoms with van der Waals surface area (Å²) in [6, 6.07) is -0.510. The third kappa shape index (κ3) is 1.86. The summed E-state index contributed by atoms with van der Waals surface area (Å²) in [6.45, 7) is 2.19. The molecule has 1 aliphatic rings. The minimum Gasteiger partial charge on any atom is -0.357 e. The summed E-state index contributed by atoms with van der Waals surface area (Å²) in [4.78, 5) is 32.3. The Labute approximate surface area is 92.7 Å². The first-order valence-corrected chi connectivity index (χ1v) is 5.09. The molecular weight excluding hydrogens is 208 g/mol. The lowest BCUT2D eigenvalue weighted by molar-refractivity contribution is -0.138. The Bertz CT molecular complexity index is 407. The lowest BCUT2D eigenvalue weighted by atomic mass is 10.2. The van der Waals surface area contributed by atoms with Gasteiger partial charge in [-0.2, -0.15) is 0 Å². The second-order valence-corrected chi connectivity index (χ2v) is 3.47. The summed E-state index contributed by atoms with van der Waals surface area (Å²) >= 11 is 0. The van der Waals surface area contributed by atoms with Gasteiger partial charge in [0.1, 0.15) is 11.9 Å². The van der Waals surface area contributed by atoms with Crippen LogP contribution in [0.5, 0.6) is 0 Å². The predicted octanol–water partition coefficient (Wildman–Crippen LogP) is 0.0359. The van der Waals surface area contributed by atoms with Crippen LogP contribution in [0.25, 0.3) is 0 Å². The van der Waals surface area contributed by atoms with E-state index in [0.717, 1.165) is 0 Å². The standard InChI is InChI=1S/C10H12N4O2/c1-2-14-9(15)5-7(10(14)16)13-8-6-11-3-4-12-8/h3-4,6-7H,2,5H2,1H3,(H,12,13). The number of likely N-dealkylation sites (tertiary alicyclic amines) is 1. The zero-order valence-electron chi connectivity index (χ0n) is 8.88. The van der Waals surface area contributed by atoms with Crippen molar-refractivity contribution < 1.29 is 9.59 Å². The van der Waals surface area contributed by atoms with Crippen LogP contribution in [0.4, 0.5) is 5.82 Å². The lowest BCUT2D eigenvalue weighted by Gasteiger charge is -2.12. The fraction of sp³-hybridized carbons (Fsp3) is 0.400. The van der Waals surface area contributed by atoms with Crippen LogP contribution < -0.4 is 5.32 Å². The predicted molar refractivity (Wildman–Crippen MR) is 56.5 cm³/mol. The van der Waals surface area contributed by atoms with E-state index in [-0.39, 0.29) is 18.2 Å². The van der Waals surface area contributed by atoms with Crippen LogP contribution in [-0.4, -0.2) is 39.3 Å². The van der Waals surface area contributed by atoms with Crippen LogP contribution in [0.2, 0.25) is 0 Å². The van der Waals surface area contributed by atoms with Crippen LogP contribution in [0, 0.1) is 0 Å². The molecular formula is C10H12N4O2. The van der Waals surface area contributed by atoms with Gasteiger partial charge in [-0.3, -0.25) is 19.5 Å². The van der Waals surface area contributed by atoms with Crippen molar-refractivity contribution in [3.63, 3.8) is 0 Å². The molecule has 2 rings (SSSR count). The highest BCUT2D eigenvalue weighted by Gasteiger charge is 2.37. The molecule has 1 aromatic rings. The first-order valence-electron chi connectivity index (χ1n) is 5.09. The minimum atomic E-state index is -0.510. The number of hydrogen-bond acceptors (Lipinski definition) is 5. The van der Waals surface area contributed by atoms with Crippen LogP contribution in [0.15, 0.2) is 18.6 Å². The van der Waals surface area contributed by atoms with Crippen LogP contribution >= 0.6 is 0 Å². The van der Waals surface area contributed by atoms with Crippen molar-refractivity contribution >= 4 is 17.6 Å². The van der Waals surface area contributed by atoms with Crippen LogP contribution in [0.1, 0.15) is 13.3 Å². The molecule has 0 aromatic carbocycles. The maximum atomic E-state index is 11.7. The van der Waals surface area contributed by atoms with Gasteiger partial charge in [-0.15, -0.1) is 0 Å². The first kappa shape index (κ1) is 10.5. The molecule has 1 aromatic heterocycles. The Morgan fingerprint density at radius 3 is 2.88 bits per heavy atom. The molecule has 1 N–H and O–H groups in total. The van der Waals surface area contributed by atoms with Gasteiger partial charge in [0.25, 0.3) is 5.91 Å². The summed E-state index contributed by atoms with van der Waals surface area (Å²) < 4.78 is 0. The highest BCUT2D eigenvalue weighted by molar-refractivity contribution is 6.06. The highest BCUT2D eigenvalue weighted by Crippen LogP contribution is 2.16. The monoisotopic (exact) mass is 220 g/mol. The van der Waals surface area contributed by atoms with Crippen molar-refractivity contribution in [2.45, 2.75) is 19.4 Å². The van der Waals surface area contributed by atoms with Crippen molar-refractivity contribution in [1.82, 2.24) is 14.9 Å². The van der Waals surface area contributed by atoms with E-state index in [1.54, 1.807) is 13.1 Å². The Morgan fingerprint density at radius 1 is 1.50 bits per heavy atom. The van der Waals surface area contributed by atoms with E-state index < -0.39 is 6.04 Å². The van der Waals surface area contributed by atoms with E-state index in [2.05, 4.69) is 15.3 Å². The molecule has 0 bridgehead atoms. The number of carbonyl (C=O) groups is 2. The number of anilines is 1. The molecule has 0 saturated carbocycles. The third-order valence-corrected chi connectivity index (χ3v) is 2.45. The summed E-state index contributed by atoms with van der Waals surface area (Å²) in [5.74, 6) is 0.165. The SMILES string of the molecule is CCN1C(=O)CC(Nc2cnccn2)C1=O. The van der Waals surface area contributed by atoms with Gasteiger partial charge in [0.2, 0.25) is 5.91 Å². The summed E-state index contributed by atoms with van der Waals surface area (Å²) in [7, 11) is 0. The average Bonchev–Trinajstić information content (AvgIpc) is 2.55. The van der Waals surface area contributed by atoms with Crippen molar-refractivity contribution in [3.05, 3.63) is 18.6 Å². The number of carbonyl (C=O) groups excluding carboxylic acids is 2. The Balaban J connectivity index is 2.08. The average molecular weight is 220 g/mol. The quantitative estimate of drug-likeness (QED) is 0.728. The van der Waals surface area contributed by atoms with E-state index in [4.69, 9.17) is 0 Å². The molecule has 6 nitrogen and oxygen atoms in total. The molecule has 6 heteroatoms. The molecule has 0 aliphatic carbocycles. The van der Waals surface area contributed by atoms with Gasteiger partial charge in [-0.1, -0.05) is 0 Å². The second kappa shape index (κ2) is 4.26. The zero-order chi connectivity index (χ0) is 11.5. The summed E-state index contributed by atoms with van der Waals surface area (Å²) in [6.07, 6.45) is 4.78. The Morgan fingerprint density at radius 2 is 2.31 bits per heavy atom. The van der Waals surface area contributed by atoms with E-state index in [1.807, 2.05) is 0 Å². The smallest absolute Gasteiger partial charge is 0.252 e. The normalized spacial score (nSPS) is 20.3. The number of hydrogen-bond donors (Lipinski definition) is 1. The van der Waals surface area contributed by atoms with E-state index >= 15 is 0 Å². The lowest BCUT2D eigenvalue weighted by Crippen LogP contribution is -2.34. The number of rotatable bonds is 3. The van der Waals surface area contributed by atoms with Gasteiger partial charge in [-0.05, 0) is 6.92 Å². The van der Waals surface area contributed by atoms with E-state index in [0.29, 0.717) is 12.4 Å². The maximum Gasteiger partial charge on any atom is 0.252 e. The fourth-order valence-corrected chi connectivity index (χ4v) is 1.68. The molecule has 16 heavy (non-hydrogen) atoms. The van der Waals surface area contributed by atoms with Crippen molar-refractivity contribution in [1.29, 1.82) is 0 Å². The molecule has 2 heterocycles. The second-order valence-electron chi connectivity index (χ2n) is 3.47. The Hall–Kier alpha value is -1.98. The molecule has 1 aliphatic heterocycles. The van der Waals surface area contributed by atoms with Crippen LogP contribution in [0.3, 0.4) is 0 Å². The Kier molecular flexibility index (Phi) is 2.80. The maximum absolute atomic E-state index is 11.7. The molecule has 1 atom stereocenters. The summed E-state index contributed by atoms with van der Waals surface area (Å²) in [5.41, 5.74) is 0. The number of nitrogens with zero attached hydrogens (tertiary/aromatic N) is 3. The molecule has 84 valence electrons. The van der Waals surface area contributed by atoms with Crippen LogP contribution in [-0.2, 0) is 9.59 Å². The molecule has 1 fully saturated rings. The summed E-state index contributed by atoms with van der Waals surface area (Å²) in [5, 5.41) is 2.90. The van der Waals surface area contributed by atoms with Gasteiger partial charge in [0, 0.05) is 18.9 Å². The van der Waals surface area contributed by atoms with E-state index in [9.17, 15) is 9.59 Å². The topological polar surface area (TPSA) is 75.2 Å². The van der Waals surface area contributed by atoms with Gasteiger partial charge in [0.15, 0.2) is 0 Å². The number of likely N-dealkylation sites (N-methyl/N-ethyl adjacent to an activating group) is 1. The van der Waals surface area contributed by atoms with Gasteiger partial charge in [0.05, 0.1) is 12.6 Å². The molecule has 1 saturated heterocycles. The van der Waals surface area contributed by atoms with Gasteiger partial charge in [-0.25, -0.2) is 4.98 Å². The van der Waals surface area contributed by atoms with Crippen molar-refractivity contribution in [2.24, 2.45) is 0 Å². The third-order valence-electron chi connectivity index (χ3n) is 2.45. The van der Waals surface area contributed by atoms with Crippen molar-refractivity contribution in [3.8, 4) is 0 Å². The van der Waals surface area contributed by atoms with Gasteiger partial charge >= 0.3 is 0 Å². The first-order chi connectivity index (χ1) is 7.72. The number of aromatic nitrogens is 2. The number of nitrogens with one attached hydrogen (secondary N) is 1. The molecule has 0 spiro atoms. The number of amides is 2. The van der Waals surface area contributed by atoms with Gasteiger partial charge < -0.3 is 5.32 Å². The fourth-order valence-electron chi connectivity index (χ4n) is 1.68. The number of imide groups is 1.